The van der Waals surface area contributed by atoms with Gasteiger partial charge >= 0.3 is 5.97 Å². The summed E-state index contributed by atoms with van der Waals surface area (Å²) in [6, 6.07) is 9.49. The highest BCUT2D eigenvalue weighted by atomic mass is 16.5. The van der Waals surface area contributed by atoms with E-state index in [1.54, 1.807) is 7.11 Å². The highest BCUT2D eigenvalue weighted by molar-refractivity contribution is 5.90. The van der Waals surface area contributed by atoms with Gasteiger partial charge in [0.1, 0.15) is 11.9 Å². The standard InChI is InChI=1S/C30H41N5O4/c1-20(19-38-3)35-27-25(21(2)33-35)11-7-12-26(27)28(30(36)37)34-17-24(18-34)39-16-6-4-5-10-23-14-13-22-9-8-15-31-29(22)32-23/h7,11-14,20,24,28H,4-6,8-10,15-19H2,1-3H3,(H,31,32)(H,36,37)/t20-,28?/m0/s1. The maximum absolute atomic E-state index is 12.5. The van der Waals surface area contributed by atoms with E-state index >= 15 is 0 Å². The van der Waals surface area contributed by atoms with Crippen LogP contribution in [0.2, 0.25) is 0 Å². The van der Waals surface area contributed by atoms with Crippen molar-refractivity contribution in [3.8, 4) is 0 Å². The summed E-state index contributed by atoms with van der Waals surface area (Å²) in [4.78, 5) is 19.3. The molecule has 0 spiro atoms. The largest absolute Gasteiger partial charge is 0.480 e. The number of anilines is 1. The lowest BCUT2D eigenvalue weighted by Gasteiger charge is -2.42. The van der Waals surface area contributed by atoms with E-state index in [1.807, 2.05) is 41.6 Å². The minimum atomic E-state index is -0.850. The number of aliphatic carboxylic acids is 1. The molecular weight excluding hydrogens is 494 g/mol. The molecule has 210 valence electrons. The number of pyridine rings is 1. The topological polar surface area (TPSA) is 102 Å². The number of aromatic nitrogens is 3. The molecule has 0 radical (unpaired) electrons. The van der Waals surface area contributed by atoms with Crippen LogP contribution >= 0.6 is 0 Å². The Hall–Kier alpha value is -3.01. The van der Waals surface area contributed by atoms with E-state index in [1.165, 1.54) is 12.0 Å². The summed E-state index contributed by atoms with van der Waals surface area (Å²) >= 11 is 0. The number of hydrogen-bond acceptors (Lipinski definition) is 7. The van der Waals surface area contributed by atoms with E-state index in [0.29, 0.717) is 26.3 Å². The van der Waals surface area contributed by atoms with E-state index in [2.05, 4.69) is 17.4 Å². The lowest BCUT2D eigenvalue weighted by molar-refractivity contribution is -0.150. The van der Waals surface area contributed by atoms with Gasteiger partial charge in [0.2, 0.25) is 0 Å². The monoisotopic (exact) mass is 535 g/mol. The van der Waals surface area contributed by atoms with E-state index < -0.39 is 12.0 Å². The van der Waals surface area contributed by atoms with Gasteiger partial charge in [-0.2, -0.15) is 5.10 Å². The first kappa shape index (κ1) is 27.6. The fourth-order valence-electron chi connectivity index (χ4n) is 5.84. The Bertz CT molecular complexity index is 1290. The molecule has 2 aromatic heterocycles. The van der Waals surface area contributed by atoms with Gasteiger partial charge in [0.25, 0.3) is 0 Å². The average molecular weight is 536 g/mol. The van der Waals surface area contributed by atoms with Gasteiger partial charge in [-0.05, 0) is 57.6 Å². The number of carbonyl (C=O) groups is 1. The molecule has 1 fully saturated rings. The second-order valence-electron chi connectivity index (χ2n) is 10.9. The number of hydrogen-bond donors (Lipinski definition) is 2. The summed E-state index contributed by atoms with van der Waals surface area (Å²) in [5, 5.41) is 19.4. The maximum atomic E-state index is 12.5. The predicted octanol–water partition coefficient (Wildman–Crippen LogP) is 4.54. The van der Waals surface area contributed by atoms with Gasteiger partial charge in [-0.25, -0.2) is 4.98 Å². The third kappa shape index (κ3) is 6.10. The zero-order valence-corrected chi connectivity index (χ0v) is 23.4. The number of benzene rings is 1. The normalized spacial score (nSPS) is 17.4. The molecular formula is C30H41N5O4. The molecule has 9 nitrogen and oxygen atoms in total. The lowest BCUT2D eigenvalue weighted by atomic mass is 9.97. The summed E-state index contributed by atoms with van der Waals surface area (Å²) in [7, 11) is 1.67. The minimum Gasteiger partial charge on any atom is -0.480 e. The number of fused-ring (bicyclic) bond motifs is 2. The van der Waals surface area contributed by atoms with Gasteiger partial charge in [0.15, 0.2) is 0 Å². The molecule has 9 heteroatoms. The summed E-state index contributed by atoms with van der Waals surface area (Å²) < 4.78 is 13.4. The van der Waals surface area contributed by atoms with Gasteiger partial charge in [0.05, 0.1) is 30.0 Å². The van der Waals surface area contributed by atoms with E-state index in [9.17, 15) is 9.90 Å². The number of methoxy groups -OCH3 is 1. The first-order chi connectivity index (χ1) is 19.0. The van der Waals surface area contributed by atoms with Crippen molar-refractivity contribution >= 4 is 22.7 Å². The van der Waals surface area contributed by atoms with Crippen molar-refractivity contribution in [2.75, 3.05) is 45.3 Å². The molecule has 5 rings (SSSR count). The zero-order valence-electron chi connectivity index (χ0n) is 23.4. The second-order valence-corrected chi connectivity index (χ2v) is 10.9. The van der Waals surface area contributed by atoms with Crippen LogP contribution in [0.5, 0.6) is 0 Å². The third-order valence-electron chi connectivity index (χ3n) is 7.92. The van der Waals surface area contributed by atoms with Crippen LogP contribution < -0.4 is 5.32 Å². The van der Waals surface area contributed by atoms with Crippen LogP contribution in [-0.2, 0) is 27.1 Å². The summed E-state index contributed by atoms with van der Waals surface area (Å²) in [6.07, 6.45) is 6.52. The number of para-hydroxylation sites is 1. The van der Waals surface area contributed by atoms with Gasteiger partial charge < -0.3 is 19.9 Å². The number of likely N-dealkylation sites (tertiary alicyclic amines) is 1. The van der Waals surface area contributed by atoms with Gasteiger partial charge in [-0.3, -0.25) is 14.4 Å². The van der Waals surface area contributed by atoms with Crippen molar-refractivity contribution < 1.29 is 19.4 Å². The highest BCUT2D eigenvalue weighted by Gasteiger charge is 2.39. The number of aryl methyl sites for hydroxylation is 3. The van der Waals surface area contributed by atoms with Gasteiger partial charge in [-0.1, -0.05) is 30.7 Å². The molecule has 1 unspecified atom stereocenters. The Balaban J connectivity index is 1.11. The molecule has 1 saturated heterocycles. The number of nitrogens with one attached hydrogen (secondary N) is 1. The Labute approximate surface area is 230 Å². The Morgan fingerprint density at radius 2 is 2.05 bits per heavy atom. The summed E-state index contributed by atoms with van der Waals surface area (Å²) in [5.41, 5.74) is 5.02. The molecule has 1 aromatic carbocycles. The van der Waals surface area contributed by atoms with Crippen molar-refractivity contribution in [2.24, 2.45) is 0 Å². The highest BCUT2D eigenvalue weighted by Crippen LogP contribution is 2.34. The van der Waals surface area contributed by atoms with Crippen LogP contribution in [0.4, 0.5) is 5.82 Å². The average Bonchev–Trinajstić information content (AvgIpc) is 3.25. The SMILES string of the molecule is COC[C@H](C)n1nc(C)c2cccc(C(C(=O)O)N3CC(OCCCCCc4ccc5c(n4)NCCC5)C3)c21. The molecule has 2 aliphatic heterocycles. The lowest BCUT2D eigenvalue weighted by Crippen LogP contribution is -2.55. The molecule has 2 aliphatic rings. The number of carboxylic acids is 1. The minimum absolute atomic E-state index is 0.00559. The van der Waals surface area contributed by atoms with Gasteiger partial charge in [0, 0.05) is 50.0 Å². The van der Waals surface area contributed by atoms with Crippen molar-refractivity contribution in [1.29, 1.82) is 0 Å². The van der Waals surface area contributed by atoms with Crippen molar-refractivity contribution in [2.45, 2.75) is 70.6 Å². The summed E-state index contributed by atoms with van der Waals surface area (Å²) in [6.45, 7) is 7.44. The molecule has 0 saturated carbocycles. The zero-order chi connectivity index (χ0) is 27.4. The molecule has 4 heterocycles. The molecule has 0 bridgehead atoms. The van der Waals surface area contributed by atoms with Crippen LogP contribution in [0.25, 0.3) is 10.9 Å². The molecule has 2 N–H and O–H groups in total. The number of ether oxygens (including phenoxy) is 2. The van der Waals surface area contributed by atoms with Crippen molar-refractivity contribution in [1.82, 2.24) is 19.7 Å². The van der Waals surface area contributed by atoms with Crippen molar-refractivity contribution in [3.05, 3.63) is 52.8 Å². The number of rotatable bonds is 13. The van der Waals surface area contributed by atoms with E-state index in [0.717, 1.165) is 72.3 Å². The smallest absolute Gasteiger partial charge is 0.325 e. The third-order valence-corrected chi connectivity index (χ3v) is 7.92. The maximum Gasteiger partial charge on any atom is 0.325 e. The van der Waals surface area contributed by atoms with Crippen LogP contribution in [0.15, 0.2) is 30.3 Å². The number of unbranched alkanes of at least 4 members (excludes halogenated alkanes) is 2. The second kappa shape index (κ2) is 12.4. The van der Waals surface area contributed by atoms with Gasteiger partial charge in [-0.15, -0.1) is 0 Å². The molecule has 39 heavy (non-hydrogen) atoms. The number of carboxylic acid groups (broad SMARTS) is 1. The van der Waals surface area contributed by atoms with Crippen LogP contribution in [0, 0.1) is 6.92 Å². The van der Waals surface area contributed by atoms with Crippen LogP contribution in [0.1, 0.15) is 67.2 Å². The molecule has 2 atom stereocenters. The fraction of sp³-hybridized carbons (Fsp3) is 0.567. The Morgan fingerprint density at radius 3 is 2.85 bits per heavy atom. The first-order valence-electron chi connectivity index (χ1n) is 14.2. The quantitative estimate of drug-likeness (QED) is 0.308. The predicted molar refractivity (Wildman–Crippen MR) is 151 cm³/mol. The van der Waals surface area contributed by atoms with E-state index in [4.69, 9.17) is 19.6 Å². The first-order valence-corrected chi connectivity index (χ1v) is 14.2. The molecule has 3 aromatic rings. The van der Waals surface area contributed by atoms with Crippen LogP contribution in [0.3, 0.4) is 0 Å². The molecule has 0 aliphatic carbocycles. The molecule has 0 amide bonds. The Morgan fingerprint density at radius 1 is 1.21 bits per heavy atom. The number of nitrogens with zero attached hydrogens (tertiary/aromatic N) is 4. The van der Waals surface area contributed by atoms with Crippen LogP contribution in [-0.4, -0.2) is 76.8 Å². The fourth-order valence-corrected chi connectivity index (χ4v) is 5.84. The summed E-state index contributed by atoms with van der Waals surface area (Å²) in [5.74, 6) is 0.216. The van der Waals surface area contributed by atoms with Crippen molar-refractivity contribution in [3.63, 3.8) is 0 Å². The van der Waals surface area contributed by atoms with E-state index in [-0.39, 0.29) is 12.1 Å². The Kier molecular flexibility index (Phi) is 8.79.